The van der Waals surface area contributed by atoms with Gasteiger partial charge in [0, 0.05) is 12.2 Å². The van der Waals surface area contributed by atoms with Crippen molar-refractivity contribution in [1.29, 1.82) is 0 Å². The van der Waals surface area contributed by atoms with Crippen molar-refractivity contribution in [2.24, 2.45) is 0 Å². The van der Waals surface area contributed by atoms with E-state index in [2.05, 4.69) is 10.2 Å². The van der Waals surface area contributed by atoms with Gasteiger partial charge in [0.1, 0.15) is 5.82 Å². The van der Waals surface area contributed by atoms with Gasteiger partial charge in [0.15, 0.2) is 0 Å². The summed E-state index contributed by atoms with van der Waals surface area (Å²) in [6.07, 6.45) is 3.78. The van der Waals surface area contributed by atoms with Gasteiger partial charge in [0.05, 0.1) is 10.6 Å². The van der Waals surface area contributed by atoms with Gasteiger partial charge in [-0.3, -0.25) is 9.69 Å². The van der Waals surface area contributed by atoms with Crippen LogP contribution in [0.1, 0.15) is 35.2 Å². The predicted octanol–water partition coefficient (Wildman–Crippen LogP) is 4.72. The molecule has 1 aliphatic rings. The summed E-state index contributed by atoms with van der Waals surface area (Å²) in [5.74, 6) is -1.15. The first kappa shape index (κ1) is 16.9. The lowest BCUT2D eigenvalue weighted by Crippen LogP contribution is -2.29. The summed E-state index contributed by atoms with van der Waals surface area (Å²) in [6, 6.07) is 11.9. The van der Waals surface area contributed by atoms with Gasteiger partial charge in [-0.2, -0.15) is 0 Å². The molecule has 5 heteroatoms. The third-order valence-corrected chi connectivity index (χ3v) is 4.54. The molecule has 0 aromatic heterocycles. The Morgan fingerprint density at radius 2 is 1.88 bits per heavy atom. The second kappa shape index (κ2) is 7.77. The van der Waals surface area contributed by atoms with E-state index in [0.29, 0.717) is 5.69 Å². The van der Waals surface area contributed by atoms with E-state index in [-0.39, 0.29) is 10.6 Å². The molecule has 24 heavy (non-hydrogen) atoms. The minimum absolute atomic E-state index is 0.108. The van der Waals surface area contributed by atoms with E-state index in [1.165, 1.54) is 37.5 Å². The maximum absolute atomic E-state index is 13.8. The number of rotatable bonds is 4. The number of likely N-dealkylation sites (tertiary alicyclic amines) is 1. The van der Waals surface area contributed by atoms with Crippen molar-refractivity contribution in [3.63, 3.8) is 0 Å². The van der Waals surface area contributed by atoms with Crippen molar-refractivity contribution in [2.75, 3.05) is 18.4 Å². The zero-order valence-corrected chi connectivity index (χ0v) is 14.2. The van der Waals surface area contributed by atoms with Gasteiger partial charge in [0.25, 0.3) is 5.91 Å². The first-order valence-electron chi connectivity index (χ1n) is 8.20. The van der Waals surface area contributed by atoms with Gasteiger partial charge in [-0.05, 0) is 55.8 Å². The van der Waals surface area contributed by atoms with E-state index < -0.39 is 11.7 Å². The molecule has 1 fully saturated rings. The van der Waals surface area contributed by atoms with Crippen LogP contribution in [0.4, 0.5) is 10.1 Å². The van der Waals surface area contributed by atoms with Crippen LogP contribution in [-0.2, 0) is 6.54 Å². The predicted molar refractivity (Wildman–Crippen MR) is 94.9 cm³/mol. The molecule has 1 saturated heterocycles. The molecule has 0 atom stereocenters. The van der Waals surface area contributed by atoms with Crippen molar-refractivity contribution in [2.45, 2.75) is 25.8 Å². The number of carbonyl (C=O) groups is 1. The molecule has 0 aliphatic carbocycles. The maximum atomic E-state index is 13.8. The largest absolute Gasteiger partial charge is 0.322 e. The lowest BCUT2D eigenvalue weighted by atomic mass is 10.1. The number of anilines is 1. The number of carbonyl (C=O) groups excluding carboxylic acids is 1. The fourth-order valence-corrected chi connectivity index (χ4v) is 3.28. The van der Waals surface area contributed by atoms with Gasteiger partial charge >= 0.3 is 0 Å². The average Bonchev–Trinajstić information content (AvgIpc) is 2.56. The van der Waals surface area contributed by atoms with Crippen molar-refractivity contribution >= 4 is 23.2 Å². The van der Waals surface area contributed by atoms with Crippen LogP contribution in [0.2, 0.25) is 5.02 Å². The van der Waals surface area contributed by atoms with Gasteiger partial charge < -0.3 is 5.32 Å². The number of nitrogens with one attached hydrogen (secondary N) is 1. The highest BCUT2D eigenvalue weighted by atomic mass is 35.5. The Kier molecular flexibility index (Phi) is 5.48. The number of amides is 1. The molecule has 3 rings (SSSR count). The topological polar surface area (TPSA) is 32.3 Å². The summed E-state index contributed by atoms with van der Waals surface area (Å²) in [7, 11) is 0. The maximum Gasteiger partial charge on any atom is 0.260 e. The van der Waals surface area contributed by atoms with E-state index in [9.17, 15) is 9.18 Å². The first-order valence-corrected chi connectivity index (χ1v) is 8.58. The van der Waals surface area contributed by atoms with E-state index in [1.54, 1.807) is 6.07 Å². The van der Waals surface area contributed by atoms with Gasteiger partial charge in [-0.1, -0.05) is 36.2 Å². The van der Waals surface area contributed by atoms with E-state index >= 15 is 0 Å². The summed E-state index contributed by atoms with van der Waals surface area (Å²) < 4.78 is 13.8. The van der Waals surface area contributed by atoms with Gasteiger partial charge in [-0.15, -0.1) is 0 Å². The summed E-state index contributed by atoms with van der Waals surface area (Å²) in [4.78, 5) is 14.7. The molecule has 0 saturated carbocycles. The Hall–Kier alpha value is -1.91. The van der Waals surface area contributed by atoms with Crippen LogP contribution >= 0.6 is 11.6 Å². The second-order valence-corrected chi connectivity index (χ2v) is 6.50. The normalized spacial score (nSPS) is 15.2. The van der Waals surface area contributed by atoms with Gasteiger partial charge in [0.2, 0.25) is 0 Å². The van der Waals surface area contributed by atoms with Crippen molar-refractivity contribution in [3.8, 4) is 0 Å². The summed E-state index contributed by atoms with van der Waals surface area (Å²) in [6.45, 7) is 3.09. The molecule has 1 N–H and O–H groups in total. The van der Waals surface area contributed by atoms with E-state index in [1.807, 2.05) is 18.2 Å². The molecule has 0 bridgehead atoms. The van der Waals surface area contributed by atoms with Crippen LogP contribution in [-0.4, -0.2) is 23.9 Å². The van der Waals surface area contributed by atoms with Crippen LogP contribution < -0.4 is 5.32 Å². The van der Waals surface area contributed by atoms with Crippen LogP contribution in [0.15, 0.2) is 42.5 Å². The number of hydrogen-bond acceptors (Lipinski definition) is 2. The van der Waals surface area contributed by atoms with Crippen LogP contribution in [0.25, 0.3) is 0 Å². The second-order valence-electron chi connectivity index (χ2n) is 6.09. The molecule has 2 aromatic rings. The fraction of sp³-hybridized carbons (Fsp3) is 0.316. The van der Waals surface area contributed by atoms with Crippen molar-refractivity contribution in [3.05, 3.63) is 64.4 Å². The van der Waals surface area contributed by atoms with E-state index in [0.717, 1.165) is 25.2 Å². The zero-order valence-electron chi connectivity index (χ0n) is 13.4. The minimum Gasteiger partial charge on any atom is -0.322 e. The Balaban J connectivity index is 1.71. The fourth-order valence-electron chi connectivity index (χ4n) is 3.03. The molecule has 0 unspecified atom stereocenters. The summed E-state index contributed by atoms with van der Waals surface area (Å²) in [5, 5.41) is 2.84. The summed E-state index contributed by atoms with van der Waals surface area (Å²) >= 11 is 5.94. The smallest absolute Gasteiger partial charge is 0.260 e. The highest BCUT2D eigenvalue weighted by Gasteiger charge is 2.16. The number of hydrogen-bond donors (Lipinski definition) is 1. The molecule has 0 radical (unpaired) electrons. The third kappa shape index (κ3) is 4.13. The monoisotopic (exact) mass is 346 g/mol. The Morgan fingerprint density at radius 1 is 1.12 bits per heavy atom. The van der Waals surface area contributed by atoms with E-state index in [4.69, 9.17) is 11.6 Å². The first-order chi connectivity index (χ1) is 11.6. The molecule has 1 amide bonds. The summed E-state index contributed by atoms with van der Waals surface area (Å²) in [5.41, 5.74) is 1.66. The Morgan fingerprint density at radius 3 is 2.62 bits per heavy atom. The minimum atomic E-state index is -0.621. The quantitative estimate of drug-likeness (QED) is 0.869. The zero-order chi connectivity index (χ0) is 16.9. The number of halogens is 2. The molecule has 3 nitrogen and oxygen atoms in total. The molecule has 1 heterocycles. The molecule has 0 spiro atoms. The molecular formula is C19H20ClFN2O. The standard InChI is InChI=1S/C19H20ClFN2O/c20-16-8-5-9-17(21)18(16)19(24)22-15-7-4-6-14(12-15)13-23-10-2-1-3-11-23/h4-9,12H,1-3,10-11,13H2,(H,22,24). The molecule has 126 valence electrons. The lowest BCUT2D eigenvalue weighted by Gasteiger charge is -2.26. The van der Waals surface area contributed by atoms with Crippen LogP contribution in [0, 0.1) is 5.82 Å². The molecule has 2 aromatic carbocycles. The van der Waals surface area contributed by atoms with Gasteiger partial charge in [-0.25, -0.2) is 4.39 Å². The number of piperidine rings is 1. The molecule has 1 aliphatic heterocycles. The van der Waals surface area contributed by atoms with Crippen LogP contribution in [0.3, 0.4) is 0 Å². The Bertz CT molecular complexity index is 709. The highest BCUT2D eigenvalue weighted by molar-refractivity contribution is 6.34. The number of nitrogens with zero attached hydrogens (tertiary/aromatic N) is 1. The average molecular weight is 347 g/mol. The van der Waals surface area contributed by atoms with Crippen LogP contribution in [0.5, 0.6) is 0 Å². The van der Waals surface area contributed by atoms with Crippen molar-refractivity contribution < 1.29 is 9.18 Å². The van der Waals surface area contributed by atoms with Crippen molar-refractivity contribution in [1.82, 2.24) is 4.90 Å². The molecular weight excluding hydrogens is 327 g/mol. The Labute approximate surface area is 146 Å². The SMILES string of the molecule is O=C(Nc1cccc(CN2CCCCC2)c1)c1c(F)cccc1Cl. The highest BCUT2D eigenvalue weighted by Crippen LogP contribution is 2.21. The lowest BCUT2D eigenvalue weighted by molar-refractivity contribution is 0.102. The number of benzene rings is 2. The third-order valence-electron chi connectivity index (χ3n) is 4.23.